The van der Waals surface area contributed by atoms with Crippen LogP contribution in [0, 0.1) is 16.0 Å². The minimum Gasteiger partial charge on any atom is -0.327 e. The quantitative estimate of drug-likeness (QED) is 0.581. The molecule has 0 saturated carbocycles. The Morgan fingerprint density at radius 1 is 1.55 bits per heavy atom. The summed E-state index contributed by atoms with van der Waals surface area (Å²) in [6.07, 6.45) is 0.674. The van der Waals surface area contributed by atoms with Gasteiger partial charge in [0.1, 0.15) is 4.21 Å². The van der Waals surface area contributed by atoms with Crippen LogP contribution in [-0.2, 0) is 10.0 Å². The van der Waals surface area contributed by atoms with Crippen molar-refractivity contribution in [3.8, 4) is 0 Å². The van der Waals surface area contributed by atoms with Gasteiger partial charge in [0.2, 0.25) is 10.0 Å². The van der Waals surface area contributed by atoms with Crippen molar-refractivity contribution < 1.29 is 13.3 Å². The Kier molecular flexibility index (Phi) is 5.90. The summed E-state index contributed by atoms with van der Waals surface area (Å²) in [6.45, 7) is 4.04. The number of sulfonamides is 1. The van der Waals surface area contributed by atoms with Crippen LogP contribution in [0.4, 0.5) is 5.69 Å². The Morgan fingerprint density at radius 3 is 2.60 bits per heavy atom. The van der Waals surface area contributed by atoms with Crippen LogP contribution in [-0.4, -0.2) is 25.9 Å². The van der Waals surface area contributed by atoms with Crippen molar-refractivity contribution in [2.75, 3.05) is 6.54 Å². The number of thiophene rings is 1. The summed E-state index contributed by atoms with van der Waals surface area (Å²) in [5.41, 5.74) is 5.37. The van der Waals surface area contributed by atoms with Gasteiger partial charge in [0.15, 0.2) is 4.34 Å². The van der Waals surface area contributed by atoms with Crippen LogP contribution in [0.2, 0.25) is 4.34 Å². The molecule has 1 aromatic rings. The van der Waals surface area contributed by atoms with Crippen molar-refractivity contribution in [3.05, 3.63) is 20.5 Å². The van der Waals surface area contributed by atoms with Gasteiger partial charge in [-0.15, -0.1) is 11.3 Å². The molecule has 0 spiro atoms. The fourth-order valence-corrected chi connectivity index (χ4v) is 4.38. The molecule has 114 valence electrons. The number of hydrogen-bond donors (Lipinski definition) is 2. The molecule has 0 radical (unpaired) electrons. The van der Waals surface area contributed by atoms with Gasteiger partial charge in [-0.25, -0.2) is 13.1 Å². The highest BCUT2D eigenvalue weighted by molar-refractivity contribution is 7.91. The molecule has 1 aromatic heterocycles. The topological polar surface area (TPSA) is 115 Å². The first-order valence-corrected chi connectivity index (χ1v) is 8.50. The van der Waals surface area contributed by atoms with Crippen molar-refractivity contribution in [3.63, 3.8) is 0 Å². The van der Waals surface area contributed by atoms with Crippen LogP contribution in [0.15, 0.2) is 10.3 Å². The predicted molar refractivity (Wildman–Crippen MR) is 78.6 cm³/mol. The lowest BCUT2D eigenvalue weighted by Crippen LogP contribution is -2.37. The van der Waals surface area contributed by atoms with Gasteiger partial charge in [0, 0.05) is 18.7 Å². The second kappa shape index (κ2) is 6.81. The number of nitrogens with one attached hydrogen (secondary N) is 1. The zero-order valence-electron chi connectivity index (χ0n) is 11.0. The van der Waals surface area contributed by atoms with E-state index < -0.39 is 20.6 Å². The summed E-state index contributed by atoms with van der Waals surface area (Å²) in [6, 6.07) is 0.638. The number of nitrogens with two attached hydrogens (primary N) is 1. The molecule has 0 fully saturated rings. The van der Waals surface area contributed by atoms with E-state index in [4.69, 9.17) is 17.3 Å². The van der Waals surface area contributed by atoms with E-state index in [0.29, 0.717) is 23.7 Å². The molecule has 1 atom stereocenters. The monoisotopic (exact) mass is 341 g/mol. The number of hydrogen-bond acceptors (Lipinski definition) is 6. The molecule has 7 nitrogen and oxygen atoms in total. The van der Waals surface area contributed by atoms with Gasteiger partial charge >= 0.3 is 0 Å². The van der Waals surface area contributed by atoms with E-state index in [2.05, 4.69) is 4.72 Å². The van der Waals surface area contributed by atoms with Gasteiger partial charge in [-0.1, -0.05) is 25.4 Å². The average Bonchev–Trinajstić information content (AvgIpc) is 2.69. The third-order valence-corrected chi connectivity index (χ3v) is 5.65. The fourth-order valence-electron chi connectivity index (χ4n) is 1.57. The van der Waals surface area contributed by atoms with E-state index in [1.54, 1.807) is 0 Å². The number of rotatable bonds is 7. The normalized spacial score (nSPS) is 13.7. The maximum atomic E-state index is 12.0. The lowest BCUT2D eigenvalue weighted by atomic mass is 10.1. The van der Waals surface area contributed by atoms with Crippen LogP contribution in [0.3, 0.4) is 0 Å². The molecule has 0 aliphatic heterocycles. The number of nitro groups is 1. The summed E-state index contributed by atoms with van der Waals surface area (Å²) < 4.78 is 25.9. The molecule has 10 heteroatoms. The van der Waals surface area contributed by atoms with Gasteiger partial charge in [-0.05, 0) is 12.3 Å². The lowest BCUT2D eigenvalue weighted by molar-refractivity contribution is -0.384. The molecule has 0 bridgehead atoms. The Bertz CT molecular complexity index is 585. The van der Waals surface area contributed by atoms with Gasteiger partial charge < -0.3 is 5.73 Å². The van der Waals surface area contributed by atoms with Crippen LogP contribution >= 0.6 is 22.9 Å². The molecule has 1 heterocycles. The summed E-state index contributed by atoms with van der Waals surface area (Å²) >= 11 is 6.29. The van der Waals surface area contributed by atoms with E-state index in [0.717, 1.165) is 6.07 Å². The highest BCUT2D eigenvalue weighted by atomic mass is 35.5. The fraction of sp³-hybridized carbons (Fsp3) is 0.600. The van der Waals surface area contributed by atoms with Gasteiger partial charge in [0.05, 0.1) is 4.92 Å². The first kappa shape index (κ1) is 17.3. The van der Waals surface area contributed by atoms with E-state index in [1.807, 2.05) is 13.8 Å². The standard InChI is InChI=1S/C10H16ClN3O4S2/c1-6(2)3-7(12)5-13-20(17,18)9-4-8(14(15)16)10(11)19-9/h4,6-7,13H,3,5,12H2,1-2H3. The summed E-state index contributed by atoms with van der Waals surface area (Å²) in [5, 5.41) is 10.6. The molecule has 1 rings (SSSR count). The zero-order valence-corrected chi connectivity index (χ0v) is 13.4. The van der Waals surface area contributed by atoms with Crippen LogP contribution in [0.5, 0.6) is 0 Å². The first-order valence-electron chi connectivity index (χ1n) is 5.82. The van der Waals surface area contributed by atoms with E-state index in [9.17, 15) is 18.5 Å². The van der Waals surface area contributed by atoms with E-state index in [1.165, 1.54) is 0 Å². The van der Waals surface area contributed by atoms with E-state index in [-0.39, 0.29) is 21.1 Å². The van der Waals surface area contributed by atoms with Gasteiger partial charge in [0.25, 0.3) is 5.69 Å². The molecule has 3 N–H and O–H groups in total. The van der Waals surface area contributed by atoms with Crippen molar-refractivity contribution in [2.24, 2.45) is 11.7 Å². The minimum absolute atomic E-state index is 0.0732. The molecule has 0 amide bonds. The van der Waals surface area contributed by atoms with Crippen LogP contribution in [0.1, 0.15) is 20.3 Å². The van der Waals surface area contributed by atoms with E-state index >= 15 is 0 Å². The SMILES string of the molecule is CC(C)CC(N)CNS(=O)(=O)c1cc([N+](=O)[O-])c(Cl)s1. The van der Waals surface area contributed by atoms with Crippen LogP contribution in [0.25, 0.3) is 0 Å². The van der Waals surface area contributed by atoms with Gasteiger partial charge in [-0.3, -0.25) is 10.1 Å². The maximum absolute atomic E-state index is 12.0. The average molecular weight is 342 g/mol. The third kappa shape index (κ3) is 4.67. The molecule has 20 heavy (non-hydrogen) atoms. The molecule has 0 aliphatic rings. The highest BCUT2D eigenvalue weighted by Gasteiger charge is 2.25. The molecule has 1 unspecified atom stereocenters. The summed E-state index contributed by atoms with van der Waals surface area (Å²) in [5.74, 6) is 0.353. The lowest BCUT2D eigenvalue weighted by Gasteiger charge is -2.14. The Hall–Kier alpha value is -0.740. The van der Waals surface area contributed by atoms with Crippen LogP contribution < -0.4 is 10.5 Å². The van der Waals surface area contributed by atoms with Crippen molar-refractivity contribution in [2.45, 2.75) is 30.5 Å². The summed E-state index contributed by atoms with van der Waals surface area (Å²) in [4.78, 5) is 9.92. The Labute approximate surface area is 126 Å². The molecular weight excluding hydrogens is 326 g/mol. The molecule has 0 aromatic carbocycles. The largest absolute Gasteiger partial charge is 0.327 e. The Morgan fingerprint density at radius 2 is 2.15 bits per heavy atom. The zero-order chi connectivity index (χ0) is 15.5. The molecule has 0 aliphatic carbocycles. The summed E-state index contributed by atoms with van der Waals surface area (Å²) in [7, 11) is -3.83. The van der Waals surface area contributed by atoms with Gasteiger partial charge in [-0.2, -0.15) is 0 Å². The van der Waals surface area contributed by atoms with Crippen molar-refractivity contribution in [1.29, 1.82) is 0 Å². The second-order valence-electron chi connectivity index (χ2n) is 4.72. The Balaban J connectivity index is 2.79. The molecule has 0 saturated heterocycles. The molecular formula is C10H16ClN3O4S2. The predicted octanol–water partition coefficient (Wildman–Crippen LogP) is 1.96. The number of halogens is 1. The smallest absolute Gasteiger partial charge is 0.300 e. The number of nitrogens with zero attached hydrogens (tertiary/aromatic N) is 1. The second-order valence-corrected chi connectivity index (χ2v) is 8.37. The first-order chi connectivity index (χ1) is 9.13. The third-order valence-electron chi connectivity index (χ3n) is 2.42. The van der Waals surface area contributed by atoms with Crippen molar-refractivity contribution in [1.82, 2.24) is 4.72 Å². The minimum atomic E-state index is -3.83. The maximum Gasteiger partial charge on any atom is 0.300 e. The van der Waals surface area contributed by atoms with Crippen molar-refractivity contribution >= 4 is 38.6 Å². The highest BCUT2D eigenvalue weighted by Crippen LogP contribution is 2.36.